The van der Waals surface area contributed by atoms with Gasteiger partial charge in [-0.05, 0) is 24.5 Å². The van der Waals surface area contributed by atoms with Crippen molar-refractivity contribution in [3.63, 3.8) is 0 Å². The molecular weight excluding hydrogens is 267 g/mol. The van der Waals surface area contributed by atoms with Gasteiger partial charge in [0.2, 0.25) is 5.82 Å². The van der Waals surface area contributed by atoms with Crippen LogP contribution < -0.4 is 5.32 Å². The number of aliphatic hydroxyl groups is 1. The van der Waals surface area contributed by atoms with Crippen LogP contribution in [-0.2, 0) is 0 Å². The lowest BCUT2D eigenvalue weighted by molar-refractivity contribution is -0.387. The van der Waals surface area contributed by atoms with Crippen LogP contribution in [-0.4, -0.2) is 29.1 Å². The van der Waals surface area contributed by atoms with Crippen molar-refractivity contribution < 1.29 is 19.2 Å². The van der Waals surface area contributed by atoms with Crippen LogP contribution in [0.5, 0.6) is 0 Å². The first kappa shape index (κ1) is 16.0. The van der Waals surface area contributed by atoms with Crippen LogP contribution >= 0.6 is 0 Å². The zero-order chi connectivity index (χ0) is 15.1. The second-order valence-electron chi connectivity index (χ2n) is 4.42. The highest BCUT2D eigenvalue weighted by Crippen LogP contribution is 2.18. The Kier molecular flexibility index (Phi) is 6.05. The topological polar surface area (TPSA) is 92.5 Å². The van der Waals surface area contributed by atoms with Gasteiger partial charge in [0.15, 0.2) is 0 Å². The average molecular weight is 284 g/mol. The number of amides is 1. The molecule has 0 aromatic heterocycles. The minimum Gasteiger partial charge on any atom is -0.396 e. The number of aliphatic hydroxyl groups excluding tert-OH is 1. The minimum absolute atomic E-state index is 0.0342. The molecule has 0 aliphatic carbocycles. The van der Waals surface area contributed by atoms with E-state index in [0.29, 0.717) is 13.0 Å². The van der Waals surface area contributed by atoms with Crippen molar-refractivity contribution in [1.82, 2.24) is 5.32 Å². The number of hydrogen-bond donors (Lipinski definition) is 2. The van der Waals surface area contributed by atoms with Gasteiger partial charge in [-0.2, -0.15) is 4.39 Å². The van der Waals surface area contributed by atoms with Gasteiger partial charge in [0, 0.05) is 24.8 Å². The number of rotatable bonds is 7. The van der Waals surface area contributed by atoms with Gasteiger partial charge in [0.1, 0.15) is 0 Å². The van der Waals surface area contributed by atoms with E-state index >= 15 is 0 Å². The summed E-state index contributed by atoms with van der Waals surface area (Å²) in [6, 6.07) is 3.03. The Morgan fingerprint density at radius 3 is 2.75 bits per heavy atom. The third-order valence-corrected chi connectivity index (χ3v) is 3.07. The monoisotopic (exact) mass is 284 g/mol. The van der Waals surface area contributed by atoms with Crippen molar-refractivity contribution in [1.29, 1.82) is 0 Å². The van der Waals surface area contributed by atoms with Crippen LogP contribution in [0.1, 0.15) is 30.1 Å². The normalized spacial score (nSPS) is 11.9. The lowest BCUT2D eigenvalue weighted by Gasteiger charge is -2.14. The van der Waals surface area contributed by atoms with E-state index in [4.69, 9.17) is 5.11 Å². The molecule has 1 rings (SSSR count). The predicted octanol–water partition coefficient (Wildman–Crippen LogP) is 1.87. The van der Waals surface area contributed by atoms with Crippen LogP contribution in [0.3, 0.4) is 0 Å². The van der Waals surface area contributed by atoms with Gasteiger partial charge >= 0.3 is 5.69 Å². The fourth-order valence-electron chi connectivity index (χ4n) is 1.77. The first-order valence-electron chi connectivity index (χ1n) is 6.32. The molecule has 0 saturated carbocycles. The molecule has 0 aliphatic heterocycles. The minimum atomic E-state index is -1.04. The molecule has 0 spiro atoms. The van der Waals surface area contributed by atoms with Crippen molar-refractivity contribution in [2.45, 2.75) is 19.8 Å². The Morgan fingerprint density at radius 2 is 2.25 bits per heavy atom. The summed E-state index contributed by atoms with van der Waals surface area (Å²) in [5.41, 5.74) is -0.625. The smallest absolute Gasteiger partial charge is 0.304 e. The first-order valence-corrected chi connectivity index (χ1v) is 6.32. The molecular formula is C13H17FN2O4. The third kappa shape index (κ3) is 4.27. The fourth-order valence-corrected chi connectivity index (χ4v) is 1.77. The van der Waals surface area contributed by atoms with Crippen LogP contribution in [0.15, 0.2) is 18.2 Å². The third-order valence-electron chi connectivity index (χ3n) is 3.07. The van der Waals surface area contributed by atoms with E-state index in [1.807, 2.05) is 6.92 Å². The molecule has 1 aromatic rings. The first-order chi connectivity index (χ1) is 9.49. The van der Waals surface area contributed by atoms with E-state index in [-0.39, 0.29) is 18.1 Å². The van der Waals surface area contributed by atoms with Gasteiger partial charge in [-0.25, -0.2) is 0 Å². The second-order valence-corrected chi connectivity index (χ2v) is 4.42. The van der Waals surface area contributed by atoms with E-state index in [1.54, 1.807) is 0 Å². The van der Waals surface area contributed by atoms with Crippen LogP contribution in [0.4, 0.5) is 10.1 Å². The Bertz CT molecular complexity index is 493. The molecule has 6 nitrogen and oxygen atoms in total. The average Bonchev–Trinajstić information content (AvgIpc) is 2.42. The van der Waals surface area contributed by atoms with E-state index < -0.39 is 22.3 Å². The van der Waals surface area contributed by atoms with Gasteiger partial charge in [0.25, 0.3) is 5.91 Å². The number of benzene rings is 1. The lowest BCUT2D eigenvalue weighted by Crippen LogP contribution is -2.29. The van der Waals surface area contributed by atoms with Gasteiger partial charge in [-0.3, -0.25) is 14.9 Å². The lowest BCUT2D eigenvalue weighted by atomic mass is 10.0. The molecule has 1 amide bonds. The van der Waals surface area contributed by atoms with E-state index in [0.717, 1.165) is 18.6 Å². The number of nitrogens with zero attached hydrogens (tertiary/aromatic N) is 1. The summed E-state index contributed by atoms with van der Waals surface area (Å²) in [7, 11) is 0. The summed E-state index contributed by atoms with van der Waals surface area (Å²) in [5, 5.41) is 21.9. The zero-order valence-corrected chi connectivity index (χ0v) is 11.1. The van der Waals surface area contributed by atoms with Crippen molar-refractivity contribution in [2.24, 2.45) is 5.92 Å². The maximum Gasteiger partial charge on any atom is 0.304 e. The number of carbonyl (C=O) groups is 1. The second kappa shape index (κ2) is 7.54. The summed E-state index contributed by atoms with van der Waals surface area (Å²) in [4.78, 5) is 21.4. The standard InChI is InChI=1S/C13H17FN2O4/c1-2-9(5-6-17)8-15-13(18)10-3-4-12(16(19)20)11(14)7-10/h3-4,7,9,17H,2,5-6,8H2,1H3,(H,15,18). The molecule has 0 bridgehead atoms. The predicted molar refractivity (Wildman–Crippen MR) is 70.9 cm³/mol. The summed E-state index contributed by atoms with van der Waals surface area (Å²) < 4.78 is 13.4. The van der Waals surface area contributed by atoms with Crippen molar-refractivity contribution in [3.05, 3.63) is 39.7 Å². The van der Waals surface area contributed by atoms with Gasteiger partial charge < -0.3 is 10.4 Å². The number of halogens is 1. The van der Waals surface area contributed by atoms with E-state index in [9.17, 15) is 19.3 Å². The Morgan fingerprint density at radius 1 is 1.55 bits per heavy atom. The molecule has 1 atom stereocenters. The fraction of sp³-hybridized carbons (Fsp3) is 0.462. The number of hydrogen-bond acceptors (Lipinski definition) is 4. The Balaban J connectivity index is 2.68. The number of carbonyl (C=O) groups excluding carboxylic acids is 1. The highest BCUT2D eigenvalue weighted by atomic mass is 19.1. The molecule has 20 heavy (non-hydrogen) atoms. The van der Waals surface area contributed by atoms with Crippen molar-refractivity contribution in [3.8, 4) is 0 Å². The van der Waals surface area contributed by atoms with Gasteiger partial charge in [-0.1, -0.05) is 13.3 Å². The maximum atomic E-state index is 13.4. The van der Waals surface area contributed by atoms with Crippen LogP contribution in [0.2, 0.25) is 0 Å². The summed E-state index contributed by atoms with van der Waals surface area (Å²) in [6.45, 7) is 2.35. The molecule has 0 saturated heterocycles. The molecule has 1 aromatic carbocycles. The number of nitro benzene ring substituents is 1. The van der Waals surface area contributed by atoms with Crippen molar-refractivity contribution in [2.75, 3.05) is 13.2 Å². The molecule has 2 N–H and O–H groups in total. The van der Waals surface area contributed by atoms with Crippen molar-refractivity contribution >= 4 is 11.6 Å². The molecule has 110 valence electrons. The quantitative estimate of drug-likeness (QED) is 0.590. The molecule has 1 unspecified atom stereocenters. The van der Waals surface area contributed by atoms with E-state index in [1.165, 1.54) is 6.07 Å². The summed E-state index contributed by atoms with van der Waals surface area (Å²) >= 11 is 0. The number of nitro groups is 1. The van der Waals surface area contributed by atoms with Crippen LogP contribution in [0, 0.1) is 21.8 Å². The molecule has 7 heteroatoms. The van der Waals surface area contributed by atoms with Gasteiger partial charge in [0.05, 0.1) is 4.92 Å². The highest BCUT2D eigenvalue weighted by molar-refractivity contribution is 5.94. The van der Waals surface area contributed by atoms with Crippen LogP contribution in [0.25, 0.3) is 0 Å². The maximum absolute atomic E-state index is 13.4. The molecule has 0 aliphatic rings. The Labute approximate surface area is 115 Å². The molecule has 0 heterocycles. The SMILES string of the molecule is CCC(CCO)CNC(=O)c1ccc([N+](=O)[O-])c(F)c1. The Hall–Kier alpha value is -2.02. The largest absolute Gasteiger partial charge is 0.396 e. The van der Waals surface area contributed by atoms with E-state index in [2.05, 4.69) is 5.32 Å². The number of nitrogens with one attached hydrogen (secondary N) is 1. The molecule has 0 radical (unpaired) electrons. The summed E-state index contributed by atoms with van der Waals surface area (Å²) in [6.07, 6.45) is 1.38. The summed E-state index contributed by atoms with van der Waals surface area (Å²) in [5.74, 6) is -1.38. The molecule has 0 fully saturated rings. The van der Waals surface area contributed by atoms with Gasteiger partial charge in [-0.15, -0.1) is 0 Å². The highest BCUT2D eigenvalue weighted by Gasteiger charge is 2.17. The zero-order valence-electron chi connectivity index (χ0n) is 11.1.